The van der Waals surface area contributed by atoms with Crippen molar-refractivity contribution in [3.05, 3.63) is 47.0 Å². The van der Waals surface area contributed by atoms with Gasteiger partial charge in [0.15, 0.2) is 29.0 Å². The Balaban J connectivity index is 2.13. The number of quaternary nitrogens is 1. The van der Waals surface area contributed by atoms with Gasteiger partial charge in [-0.05, 0) is 42.3 Å². The van der Waals surface area contributed by atoms with Crippen LogP contribution in [0.4, 0.5) is 0 Å². The van der Waals surface area contributed by atoms with Gasteiger partial charge in [0, 0.05) is 18.4 Å². The van der Waals surface area contributed by atoms with Crippen LogP contribution in [0.15, 0.2) is 30.3 Å². The predicted molar refractivity (Wildman–Crippen MR) is 117 cm³/mol. The highest BCUT2D eigenvalue weighted by atomic mass is 16.5. The summed E-state index contributed by atoms with van der Waals surface area (Å²) in [4.78, 5) is 12.0. The zero-order valence-corrected chi connectivity index (χ0v) is 19.1. The number of fused-ring (bicyclic) bond motifs is 1. The number of carboxylic acids is 1. The van der Waals surface area contributed by atoms with Crippen LogP contribution in [0, 0.1) is 0 Å². The number of rotatable bonds is 8. The average Bonchev–Trinajstić information content (AvgIpc) is 2.79. The van der Waals surface area contributed by atoms with Gasteiger partial charge < -0.3 is 28.5 Å². The summed E-state index contributed by atoms with van der Waals surface area (Å²) in [6.07, 6.45) is 1.42. The van der Waals surface area contributed by atoms with Gasteiger partial charge in [0.2, 0.25) is 0 Å². The van der Waals surface area contributed by atoms with E-state index < -0.39 is 12.0 Å². The van der Waals surface area contributed by atoms with Gasteiger partial charge in [0.1, 0.15) is 6.04 Å². The molecule has 3 unspecified atom stereocenters. The Labute approximate surface area is 183 Å². The standard InChI is InChI=1S/C24H31NO6/c1-15(24(26)27)25(2)10-9-17-13-22(30-5)23(31-6)14-18(17)19(25)11-16-7-8-20(28-3)21(12-16)29-4/h7-8,12-15,19H,9-11H2,1-6H3/p+1. The minimum Gasteiger partial charge on any atom is -0.493 e. The van der Waals surface area contributed by atoms with Crippen LogP contribution in [0.25, 0.3) is 0 Å². The van der Waals surface area contributed by atoms with Crippen LogP contribution in [0.2, 0.25) is 0 Å². The number of likely N-dealkylation sites (N-methyl/N-ethyl adjacent to an activating group) is 1. The number of ether oxygens (including phenoxy) is 4. The molecule has 0 spiro atoms. The maximum Gasteiger partial charge on any atom is 0.362 e. The van der Waals surface area contributed by atoms with Gasteiger partial charge in [-0.3, -0.25) is 0 Å². The van der Waals surface area contributed by atoms with E-state index in [0.717, 1.165) is 23.1 Å². The Morgan fingerprint density at radius 2 is 1.58 bits per heavy atom. The number of methoxy groups -OCH3 is 4. The van der Waals surface area contributed by atoms with Crippen molar-refractivity contribution in [2.45, 2.75) is 31.8 Å². The van der Waals surface area contributed by atoms with E-state index in [4.69, 9.17) is 18.9 Å². The summed E-state index contributed by atoms with van der Waals surface area (Å²) in [6.45, 7) is 2.50. The van der Waals surface area contributed by atoms with E-state index in [0.29, 0.717) is 40.4 Å². The van der Waals surface area contributed by atoms with Gasteiger partial charge >= 0.3 is 5.97 Å². The van der Waals surface area contributed by atoms with Crippen LogP contribution in [0.5, 0.6) is 23.0 Å². The number of hydrogen-bond donors (Lipinski definition) is 1. The summed E-state index contributed by atoms with van der Waals surface area (Å²) in [5, 5.41) is 9.87. The molecule has 31 heavy (non-hydrogen) atoms. The molecular formula is C24H32NO6+. The molecule has 0 aromatic heterocycles. The van der Waals surface area contributed by atoms with Crippen molar-refractivity contribution in [1.29, 1.82) is 0 Å². The van der Waals surface area contributed by atoms with Crippen LogP contribution >= 0.6 is 0 Å². The quantitative estimate of drug-likeness (QED) is 0.647. The Kier molecular flexibility index (Phi) is 6.65. The van der Waals surface area contributed by atoms with Crippen LogP contribution in [0.1, 0.15) is 29.7 Å². The topological polar surface area (TPSA) is 74.2 Å². The first-order chi connectivity index (χ1) is 14.8. The fraction of sp³-hybridized carbons (Fsp3) is 0.458. The minimum atomic E-state index is -0.802. The van der Waals surface area contributed by atoms with Gasteiger partial charge in [-0.15, -0.1) is 0 Å². The molecule has 1 N–H and O–H groups in total. The second-order valence-electron chi connectivity index (χ2n) is 8.15. The Morgan fingerprint density at radius 3 is 2.16 bits per heavy atom. The summed E-state index contributed by atoms with van der Waals surface area (Å²) >= 11 is 0. The van der Waals surface area contributed by atoms with E-state index in [9.17, 15) is 9.90 Å². The molecule has 2 aromatic carbocycles. The van der Waals surface area contributed by atoms with Gasteiger partial charge in [-0.2, -0.15) is 0 Å². The summed E-state index contributed by atoms with van der Waals surface area (Å²) in [5.74, 6) is 1.86. The van der Waals surface area contributed by atoms with Crippen LogP contribution in [0.3, 0.4) is 0 Å². The lowest BCUT2D eigenvalue weighted by molar-refractivity contribution is -0.954. The molecule has 0 radical (unpaired) electrons. The summed E-state index contributed by atoms with van der Waals surface area (Å²) in [7, 11) is 8.49. The van der Waals surface area contributed by atoms with E-state index in [-0.39, 0.29) is 6.04 Å². The molecule has 1 aliphatic rings. The molecule has 0 fully saturated rings. The third-order valence-corrected chi connectivity index (χ3v) is 6.70. The van der Waals surface area contributed by atoms with E-state index >= 15 is 0 Å². The van der Waals surface area contributed by atoms with Crippen LogP contribution < -0.4 is 18.9 Å². The molecule has 1 heterocycles. The van der Waals surface area contributed by atoms with Crippen molar-refractivity contribution in [3.63, 3.8) is 0 Å². The van der Waals surface area contributed by atoms with Crippen molar-refractivity contribution in [1.82, 2.24) is 0 Å². The Bertz CT molecular complexity index is 959. The predicted octanol–water partition coefficient (Wildman–Crippen LogP) is 3.48. The van der Waals surface area contributed by atoms with Crippen molar-refractivity contribution < 1.29 is 33.3 Å². The van der Waals surface area contributed by atoms with Crippen molar-refractivity contribution in [2.24, 2.45) is 0 Å². The third-order valence-electron chi connectivity index (χ3n) is 6.70. The minimum absolute atomic E-state index is 0.0762. The molecule has 0 bridgehead atoms. The van der Waals surface area contributed by atoms with Crippen LogP contribution in [-0.2, 0) is 17.6 Å². The summed E-state index contributed by atoms with van der Waals surface area (Å²) in [5.41, 5.74) is 3.30. The molecule has 0 saturated heterocycles. The smallest absolute Gasteiger partial charge is 0.362 e. The zero-order valence-electron chi connectivity index (χ0n) is 19.1. The highest BCUT2D eigenvalue weighted by Gasteiger charge is 2.46. The fourth-order valence-corrected chi connectivity index (χ4v) is 4.56. The lowest BCUT2D eigenvalue weighted by atomic mass is 9.85. The lowest BCUT2D eigenvalue weighted by Gasteiger charge is -2.48. The molecule has 0 aliphatic carbocycles. The SMILES string of the molecule is COc1ccc(CC2c3cc(OC)c(OC)cc3CC[N+]2(C)C(C)C(=O)O)cc1OC. The van der Waals surface area contributed by atoms with E-state index in [2.05, 4.69) is 0 Å². The maximum atomic E-state index is 12.0. The molecule has 7 heteroatoms. The van der Waals surface area contributed by atoms with Gasteiger partial charge in [0.05, 0.1) is 42.0 Å². The van der Waals surface area contributed by atoms with Crippen molar-refractivity contribution >= 4 is 5.97 Å². The number of carboxylic acid groups (broad SMARTS) is 1. The first-order valence-electron chi connectivity index (χ1n) is 10.3. The van der Waals surface area contributed by atoms with E-state index in [1.165, 1.54) is 0 Å². The second-order valence-corrected chi connectivity index (χ2v) is 8.15. The largest absolute Gasteiger partial charge is 0.493 e. The highest BCUT2D eigenvalue weighted by Crippen LogP contribution is 2.44. The molecule has 0 amide bonds. The molecular weight excluding hydrogens is 398 g/mol. The first-order valence-corrected chi connectivity index (χ1v) is 10.3. The van der Waals surface area contributed by atoms with Crippen molar-refractivity contribution in [2.75, 3.05) is 42.0 Å². The number of aliphatic carboxylic acids is 1. The Hall–Kier alpha value is -2.93. The second kappa shape index (κ2) is 9.06. The van der Waals surface area contributed by atoms with Gasteiger partial charge in [-0.25, -0.2) is 4.79 Å². The summed E-state index contributed by atoms with van der Waals surface area (Å²) in [6, 6.07) is 9.24. The van der Waals surface area contributed by atoms with Crippen molar-refractivity contribution in [3.8, 4) is 23.0 Å². The zero-order chi connectivity index (χ0) is 22.8. The molecule has 3 atom stereocenters. The monoisotopic (exact) mass is 430 g/mol. The normalized spacial score (nSPS) is 21.0. The lowest BCUT2D eigenvalue weighted by Crippen LogP contribution is -2.59. The number of benzene rings is 2. The third kappa shape index (κ3) is 4.14. The molecule has 0 saturated carbocycles. The van der Waals surface area contributed by atoms with Gasteiger partial charge in [0.25, 0.3) is 0 Å². The number of nitrogens with zero attached hydrogens (tertiary/aromatic N) is 1. The molecule has 168 valence electrons. The Morgan fingerprint density at radius 1 is 1.00 bits per heavy atom. The highest BCUT2D eigenvalue weighted by molar-refractivity contribution is 5.71. The van der Waals surface area contributed by atoms with Gasteiger partial charge in [-0.1, -0.05) is 6.07 Å². The molecule has 1 aliphatic heterocycles. The fourth-order valence-electron chi connectivity index (χ4n) is 4.56. The molecule has 7 nitrogen and oxygen atoms in total. The average molecular weight is 431 g/mol. The van der Waals surface area contributed by atoms with Crippen LogP contribution in [-0.4, -0.2) is 63.6 Å². The number of carbonyl (C=O) groups is 1. The van der Waals surface area contributed by atoms with E-state index in [1.807, 2.05) is 37.4 Å². The molecule has 2 aromatic rings. The summed E-state index contributed by atoms with van der Waals surface area (Å²) < 4.78 is 22.3. The maximum absolute atomic E-state index is 12.0. The molecule has 3 rings (SSSR count). The van der Waals surface area contributed by atoms with E-state index in [1.54, 1.807) is 35.4 Å². The number of hydrogen-bond acceptors (Lipinski definition) is 5. The first kappa shape index (κ1) is 22.7.